The Kier molecular flexibility index (Phi) is 3.95. The van der Waals surface area contributed by atoms with Crippen molar-refractivity contribution in [3.05, 3.63) is 41.7 Å². The molecule has 0 fully saturated rings. The standard InChI is InChI=1S/C14H12O6S/c1-19-14(16)12-7-10(21(2,17)18)4-5-11(12)13-6-3-9(8-15)20-13/h3-8H,1-2H3. The summed E-state index contributed by atoms with van der Waals surface area (Å²) in [4.78, 5) is 22.5. The summed E-state index contributed by atoms with van der Waals surface area (Å²) >= 11 is 0. The number of carbonyl (C=O) groups excluding carboxylic acids is 2. The molecule has 0 unspecified atom stereocenters. The zero-order chi connectivity index (χ0) is 15.6. The normalized spacial score (nSPS) is 11.1. The molecule has 0 bridgehead atoms. The Balaban J connectivity index is 2.65. The fourth-order valence-electron chi connectivity index (χ4n) is 1.81. The molecule has 0 atom stereocenters. The van der Waals surface area contributed by atoms with E-state index in [1.807, 2.05) is 0 Å². The molecule has 1 heterocycles. The van der Waals surface area contributed by atoms with Crippen molar-refractivity contribution in [3.8, 4) is 11.3 Å². The summed E-state index contributed by atoms with van der Waals surface area (Å²) in [6.45, 7) is 0. The van der Waals surface area contributed by atoms with Crippen molar-refractivity contribution >= 4 is 22.1 Å². The summed E-state index contributed by atoms with van der Waals surface area (Å²) in [7, 11) is -2.27. The molecular weight excluding hydrogens is 296 g/mol. The van der Waals surface area contributed by atoms with E-state index in [9.17, 15) is 18.0 Å². The zero-order valence-corrected chi connectivity index (χ0v) is 12.1. The van der Waals surface area contributed by atoms with Gasteiger partial charge in [0.1, 0.15) is 5.76 Å². The van der Waals surface area contributed by atoms with Gasteiger partial charge in [-0.1, -0.05) is 0 Å². The van der Waals surface area contributed by atoms with Gasteiger partial charge in [0.2, 0.25) is 0 Å². The lowest BCUT2D eigenvalue weighted by atomic mass is 10.1. The highest BCUT2D eigenvalue weighted by Gasteiger charge is 2.19. The Morgan fingerprint density at radius 3 is 2.48 bits per heavy atom. The Morgan fingerprint density at radius 1 is 1.24 bits per heavy atom. The van der Waals surface area contributed by atoms with Crippen LogP contribution < -0.4 is 0 Å². The second kappa shape index (κ2) is 5.53. The Labute approximate surface area is 121 Å². The number of hydrogen-bond acceptors (Lipinski definition) is 6. The summed E-state index contributed by atoms with van der Waals surface area (Å²) < 4.78 is 33.1. The second-order valence-electron chi connectivity index (χ2n) is 4.29. The van der Waals surface area contributed by atoms with E-state index >= 15 is 0 Å². The third kappa shape index (κ3) is 3.03. The van der Waals surface area contributed by atoms with Crippen LogP contribution in [0.25, 0.3) is 11.3 Å². The molecule has 0 saturated carbocycles. The topological polar surface area (TPSA) is 90.7 Å². The molecule has 7 heteroatoms. The molecule has 0 aliphatic rings. The summed E-state index contributed by atoms with van der Waals surface area (Å²) in [5, 5.41) is 0. The SMILES string of the molecule is COC(=O)c1cc(S(C)(=O)=O)ccc1-c1ccc(C=O)o1. The second-order valence-corrected chi connectivity index (χ2v) is 6.31. The van der Waals surface area contributed by atoms with Crippen LogP contribution in [-0.4, -0.2) is 34.0 Å². The lowest BCUT2D eigenvalue weighted by molar-refractivity contribution is 0.0601. The number of rotatable bonds is 4. The number of carbonyl (C=O) groups is 2. The lowest BCUT2D eigenvalue weighted by Gasteiger charge is -2.08. The molecule has 0 aliphatic carbocycles. The number of sulfone groups is 1. The van der Waals surface area contributed by atoms with Gasteiger partial charge in [0.05, 0.1) is 17.6 Å². The van der Waals surface area contributed by atoms with Crippen LogP contribution in [0.4, 0.5) is 0 Å². The molecule has 1 aromatic heterocycles. The number of furan rings is 1. The predicted octanol–water partition coefficient (Wildman–Crippen LogP) is 1.95. The average molecular weight is 308 g/mol. The summed E-state index contributed by atoms with van der Waals surface area (Å²) in [6.07, 6.45) is 1.58. The molecule has 2 aromatic rings. The van der Waals surface area contributed by atoms with E-state index in [2.05, 4.69) is 4.74 Å². The quantitative estimate of drug-likeness (QED) is 0.633. The molecule has 2 rings (SSSR count). The molecule has 110 valence electrons. The third-order valence-electron chi connectivity index (χ3n) is 2.83. The predicted molar refractivity (Wildman–Crippen MR) is 74.0 cm³/mol. The largest absolute Gasteiger partial charge is 0.465 e. The van der Waals surface area contributed by atoms with Crippen LogP contribution in [0.5, 0.6) is 0 Å². The maximum atomic E-state index is 11.8. The van der Waals surface area contributed by atoms with Crippen LogP contribution in [0, 0.1) is 0 Å². The van der Waals surface area contributed by atoms with E-state index in [0.29, 0.717) is 11.8 Å². The average Bonchev–Trinajstić information content (AvgIpc) is 2.93. The number of benzene rings is 1. The third-order valence-corrected chi connectivity index (χ3v) is 3.94. The van der Waals surface area contributed by atoms with E-state index in [-0.39, 0.29) is 22.0 Å². The number of aldehydes is 1. The van der Waals surface area contributed by atoms with Crippen LogP contribution in [0.15, 0.2) is 39.6 Å². The first-order chi connectivity index (χ1) is 9.86. The Hall–Kier alpha value is -2.41. The molecule has 21 heavy (non-hydrogen) atoms. The summed E-state index contributed by atoms with van der Waals surface area (Å²) in [6, 6.07) is 7.00. The van der Waals surface area contributed by atoms with Crippen molar-refractivity contribution in [2.24, 2.45) is 0 Å². The van der Waals surface area contributed by atoms with Crippen LogP contribution in [-0.2, 0) is 14.6 Å². The van der Waals surface area contributed by atoms with Gasteiger partial charge in [0.15, 0.2) is 21.9 Å². The van der Waals surface area contributed by atoms with Gasteiger partial charge in [-0.25, -0.2) is 13.2 Å². The smallest absolute Gasteiger partial charge is 0.338 e. The molecule has 0 N–H and O–H groups in total. The molecule has 0 amide bonds. The van der Waals surface area contributed by atoms with E-state index in [1.165, 1.54) is 37.4 Å². The van der Waals surface area contributed by atoms with Crippen LogP contribution >= 0.6 is 0 Å². The minimum absolute atomic E-state index is 0.00573. The van der Waals surface area contributed by atoms with Gasteiger partial charge in [-0.3, -0.25) is 4.79 Å². The first kappa shape index (κ1) is 15.0. The van der Waals surface area contributed by atoms with Gasteiger partial charge in [-0.2, -0.15) is 0 Å². The molecule has 6 nitrogen and oxygen atoms in total. The molecule has 0 aliphatic heterocycles. The lowest BCUT2D eigenvalue weighted by Crippen LogP contribution is -2.06. The van der Waals surface area contributed by atoms with Gasteiger partial charge >= 0.3 is 5.97 Å². The van der Waals surface area contributed by atoms with E-state index in [0.717, 1.165) is 6.26 Å². The zero-order valence-electron chi connectivity index (χ0n) is 11.3. The fourth-order valence-corrected chi connectivity index (χ4v) is 2.46. The van der Waals surface area contributed by atoms with Crippen molar-refractivity contribution in [1.82, 2.24) is 0 Å². The highest BCUT2D eigenvalue weighted by atomic mass is 32.2. The molecule has 0 radical (unpaired) electrons. The van der Waals surface area contributed by atoms with Crippen LogP contribution in [0.1, 0.15) is 20.9 Å². The van der Waals surface area contributed by atoms with Crippen LogP contribution in [0.2, 0.25) is 0 Å². The highest BCUT2D eigenvalue weighted by molar-refractivity contribution is 7.90. The van der Waals surface area contributed by atoms with Gasteiger partial charge in [0.25, 0.3) is 0 Å². The summed E-state index contributed by atoms with van der Waals surface area (Å²) in [5.41, 5.74) is 0.398. The van der Waals surface area contributed by atoms with Crippen molar-refractivity contribution in [2.75, 3.05) is 13.4 Å². The molecule has 1 aromatic carbocycles. The van der Waals surface area contributed by atoms with Crippen LogP contribution in [0.3, 0.4) is 0 Å². The minimum Gasteiger partial charge on any atom is -0.465 e. The Morgan fingerprint density at radius 2 is 1.95 bits per heavy atom. The minimum atomic E-state index is -3.46. The highest BCUT2D eigenvalue weighted by Crippen LogP contribution is 2.28. The maximum absolute atomic E-state index is 11.8. The summed E-state index contributed by atoms with van der Waals surface area (Å²) in [5.74, 6) is -0.315. The van der Waals surface area contributed by atoms with E-state index in [1.54, 1.807) is 0 Å². The molecule has 0 spiro atoms. The van der Waals surface area contributed by atoms with Crippen molar-refractivity contribution in [2.45, 2.75) is 4.90 Å². The Bertz CT molecular complexity index is 801. The van der Waals surface area contributed by atoms with Gasteiger partial charge in [-0.05, 0) is 30.3 Å². The number of methoxy groups -OCH3 is 1. The first-order valence-electron chi connectivity index (χ1n) is 5.84. The van der Waals surface area contributed by atoms with Crippen molar-refractivity contribution in [3.63, 3.8) is 0 Å². The number of ether oxygens (including phenoxy) is 1. The molecule has 0 saturated heterocycles. The number of esters is 1. The van der Waals surface area contributed by atoms with Gasteiger partial charge < -0.3 is 9.15 Å². The maximum Gasteiger partial charge on any atom is 0.338 e. The van der Waals surface area contributed by atoms with Crippen molar-refractivity contribution in [1.29, 1.82) is 0 Å². The van der Waals surface area contributed by atoms with E-state index < -0.39 is 15.8 Å². The number of hydrogen-bond donors (Lipinski definition) is 0. The fraction of sp³-hybridized carbons (Fsp3) is 0.143. The van der Waals surface area contributed by atoms with E-state index in [4.69, 9.17) is 4.42 Å². The van der Waals surface area contributed by atoms with Gasteiger partial charge in [-0.15, -0.1) is 0 Å². The van der Waals surface area contributed by atoms with Crippen molar-refractivity contribution < 1.29 is 27.2 Å². The van der Waals surface area contributed by atoms with Gasteiger partial charge in [0, 0.05) is 11.8 Å². The monoisotopic (exact) mass is 308 g/mol. The molecular formula is C14H12O6S. The first-order valence-corrected chi connectivity index (χ1v) is 7.73.